The maximum absolute atomic E-state index is 13.3. The zero-order chi connectivity index (χ0) is 12.0. The summed E-state index contributed by atoms with van der Waals surface area (Å²) in [6.07, 6.45) is 3.22. The van der Waals surface area contributed by atoms with E-state index in [1.807, 2.05) is 0 Å². The lowest BCUT2D eigenvalue weighted by atomic mass is 10.2. The first kappa shape index (κ1) is 13.0. The van der Waals surface area contributed by atoms with Gasteiger partial charge in [-0.05, 0) is 17.9 Å². The Kier molecular flexibility index (Phi) is 5.31. The monoisotopic (exact) mass is 244 g/mol. The Labute approximate surface area is 99.4 Å². The molecule has 0 saturated heterocycles. The van der Waals surface area contributed by atoms with Crippen LogP contribution in [-0.2, 0) is 0 Å². The fourth-order valence-corrected chi connectivity index (χ4v) is 1.91. The molecule has 0 amide bonds. The molecule has 0 saturated carbocycles. The van der Waals surface area contributed by atoms with Crippen LogP contribution in [0.2, 0.25) is 0 Å². The van der Waals surface area contributed by atoms with Crippen molar-refractivity contribution >= 4 is 23.5 Å². The number of nitrogens with zero attached hydrogens (tertiary/aromatic N) is 2. The quantitative estimate of drug-likeness (QED) is 0.802. The number of halogens is 1. The molecular weight excluding hydrogens is 227 g/mol. The van der Waals surface area contributed by atoms with Gasteiger partial charge >= 0.3 is 0 Å². The van der Waals surface area contributed by atoms with Gasteiger partial charge in [0.15, 0.2) is 11.6 Å². The molecule has 0 radical (unpaired) electrons. The molecule has 90 valence electrons. The normalized spacial score (nSPS) is 12.2. The van der Waals surface area contributed by atoms with Gasteiger partial charge in [0.1, 0.15) is 0 Å². The van der Waals surface area contributed by atoms with Crippen LogP contribution in [0.25, 0.3) is 0 Å². The highest BCUT2D eigenvalue weighted by atomic mass is 32.2. The molecule has 0 aliphatic heterocycles. The van der Waals surface area contributed by atoms with E-state index in [0.717, 1.165) is 5.75 Å². The van der Waals surface area contributed by atoms with Crippen LogP contribution in [0.15, 0.2) is 6.20 Å². The fraction of sp³-hybridized carbons (Fsp3) is 0.600. The summed E-state index contributed by atoms with van der Waals surface area (Å²) in [5.41, 5.74) is 0. The third-order valence-electron chi connectivity index (χ3n) is 2.04. The molecule has 0 bridgehead atoms. The van der Waals surface area contributed by atoms with Crippen molar-refractivity contribution in [2.45, 2.75) is 6.92 Å². The van der Waals surface area contributed by atoms with Gasteiger partial charge in [-0.25, -0.2) is 9.37 Å². The van der Waals surface area contributed by atoms with E-state index >= 15 is 0 Å². The van der Waals surface area contributed by atoms with Gasteiger partial charge in [-0.3, -0.25) is 0 Å². The van der Waals surface area contributed by atoms with Gasteiger partial charge in [-0.1, -0.05) is 6.92 Å². The van der Waals surface area contributed by atoms with Crippen molar-refractivity contribution < 1.29 is 4.39 Å². The molecule has 4 nitrogen and oxygen atoms in total. The van der Waals surface area contributed by atoms with Gasteiger partial charge in [0, 0.05) is 13.6 Å². The second-order valence-corrected chi connectivity index (χ2v) is 4.49. The maximum Gasteiger partial charge on any atom is 0.224 e. The Morgan fingerprint density at radius 2 is 2.31 bits per heavy atom. The Morgan fingerprint density at radius 1 is 1.56 bits per heavy atom. The van der Waals surface area contributed by atoms with Crippen molar-refractivity contribution in [3.63, 3.8) is 0 Å². The molecule has 1 unspecified atom stereocenters. The fourth-order valence-electron chi connectivity index (χ4n) is 1.23. The third-order valence-corrected chi connectivity index (χ3v) is 2.94. The van der Waals surface area contributed by atoms with Crippen molar-refractivity contribution in [1.29, 1.82) is 0 Å². The van der Waals surface area contributed by atoms with Crippen LogP contribution in [0.5, 0.6) is 0 Å². The molecule has 1 rings (SSSR count). The average Bonchev–Trinajstić information content (AvgIpc) is 2.28. The van der Waals surface area contributed by atoms with E-state index in [1.165, 1.54) is 6.20 Å². The van der Waals surface area contributed by atoms with Gasteiger partial charge in [-0.2, -0.15) is 16.7 Å². The van der Waals surface area contributed by atoms with Crippen LogP contribution >= 0.6 is 11.8 Å². The van der Waals surface area contributed by atoms with E-state index < -0.39 is 5.82 Å². The smallest absolute Gasteiger partial charge is 0.224 e. The second kappa shape index (κ2) is 6.52. The molecule has 16 heavy (non-hydrogen) atoms. The summed E-state index contributed by atoms with van der Waals surface area (Å²) in [5, 5.41) is 5.77. The third kappa shape index (κ3) is 3.84. The van der Waals surface area contributed by atoms with Crippen molar-refractivity contribution in [2.24, 2.45) is 5.92 Å². The highest BCUT2D eigenvalue weighted by molar-refractivity contribution is 7.98. The van der Waals surface area contributed by atoms with E-state index in [9.17, 15) is 4.39 Å². The summed E-state index contributed by atoms with van der Waals surface area (Å²) in [5.74, 6) is 1.77. The topological polar surface area (TPSA) is 49.8 Å². The SMILES string of the molecule is CNc1ncc(F)c(NCC(C)CSC)n1. The number of hydrogen-bond acceptors (Lipinski definition) is 5. The first-order chi connectivity index (χ1) is 7.67. The lowest BCUT2D eigenvalue weighted by Gasteiger charge is -2.12. The first-order valence-corrected chi connectivity index (χ1v) is 6.49. The minimum absolute atomic E-state index is 0.257. The molecule has 6 heteroatoms. The molecule has 1 aromatic heterocycles. The minimum Gasteiger partial charge on any atom is -0.367 e. The van der Waals surface area contributed by atoms with Crippen molar-refractivity contribution in [3.8, 4) is 0 Å². The van der Waals surface area contributed by atoms with Crippen LogP contribution in [0.3, 0.4) is 0 Å². The largest absolute Gasteiger partial charge is 0.367 e. The summed E-state index contributed by atoms with van der Waals surface area (Å²) < 4.78 is 13.3. The summed E-state index contributed by atoms with van der Waals surface area (Å²) in [6, 6.07) is 0. The van der Waals surface area contributed by atoms with Gasteiger partial charge in [0.2, 0.25) is 5.95 Å². The predicted molar refractivity (Wildman–Crippen MR) is 67.6 cm³/mol. The molecule has 1 atom stereocenters. The summed E-state index contributed by atoms with van der Waals surface area (Å²) >= 11 is 1.78. The van der Waals surface area contributed by atoms with Gasteiger partial charge in [0.25, 0.3) is 0 Å². The highest BCUT2D eigenvalue weighted by Crippen LogP contribution is 2.13. The lowest BCUT2D eigenvalue weighted by molar-refractivity contribution is 0.612. The maximum atomic E-state index is 13.3. The summed E-state index contributed by atoms with van der Waals surface area (Å²) in [6.45, 7) is 2.82. The van der Waals surface area contributed by atoms with Gasteiger partial charge in [-0.15, -0.1) is 0 Å². The molecule has 0 aliphatic rings. The lowest BCUT2D eigenvalue weighted by Crippen LogP contribution is -2.15. The zero-order valence-corrected chi connectivity index (χ0v) is 10.6. The van der Waals surface area contributed by atoms with E-state index in [1.54, 1.807) is 18.8 Å². The molecular formula is C10H17FN4S. The Hall–Kier alpha value is -1.04. The molecule has 0 aliphatic carbocycles. The van der Waals surface area contributed by atoms with Gasteiger partial charge < -0.3 is 10.6 Å². The van der Waals surface area contributed by atoms with E-state index in [-0.39, 0.29) is 5.82 Å². The molecule has 0 aromatic carbocycles. The molecule has 1 heterocycles. The molecule has 1 aromatic rings. The Bertz CT molecular complexity index is 335. The molecule has 0 fully saturated rings. The van der Waals surface area contributed by atoms with Crippen molar-refractivity contribution in [2.75, 3.05) is 36.2 Å². The van der Waals surface area contributed by atoms with Crippen molar-refractivity contribution in [1.82, 2.24) is 9.97 Å². The summed E-state index contributed by atoms with van der Waals surface area (Å²) in [4.78, 5) is 7.79. The van der Waals surface area contributed by atoms with E-state index in [2.05, 4.69) is 33.8 Å². The number of nitrogens with one attached hydrogen (secondary N) is 2. The minimum atomic E-state index is -0.421. The number of rotatable bonds is 6. The highest BCUT2D eigenvalue weighted by Gasteiger charge is 2.07. The van der Waals surface area contributed by atoms with Crippen LogP contribution in [0.4, 0.5) is 16.2 Å². The van der Waals surface area contributed by atoms with Crippen molar-refractivity contribution in [3.05, 3.63) is 12.0 Å². The van der Waals surface area contributed by atoms with E-state index in [4.69, 9.17) is 0 Å². The zero-order valence-electron chi connectivity index (χ0n) is 9.75. The predicted octanol–water partition coefficient (Wildman–Crippen LogP) is 2.07. The average molecular weight is 244 g/mol. The molecule has 2 N–H and O–H groups in total. The number of hydrogen-bond donors (Lipinski definition) is 2. The second-order valence-electron chi connectivity index (χ2n) is 3.58. The van der Waals surface area contributed by atoms with Crippen LogP contribution in [0.1, 0.15) is 6.92 Å². The number of anilines is 2. The first-order valence-electron chi connectivity index (χ1n) is 5.10. The number of aromatic nitrogens is 2. The van der Waals surface area contributed by atoms with Crippen LogP contribution < -0.4 is 10.6 Å². The Balaban J connectivity index is 2.58. The van der Waals surface area contributed by atoms with Crippen LogP contribution in [0, 0.1) is 11.7 Å². The van der Waals surface area contributed by atoms with Gasteiger partial charge in [0.05, 0.1) is 6.20 Å². The summed E-state index contributed by atoms with van der Waals surface area (Å²) in [7, 11) is 1.70. The number of thioether (sulfide) groups is 1. The Morgan fingerprint density at radius 3 is 2.94 bits per heavy atom. The van der Waals surface area contributed by atoms with Crippen LogP contribution in [-0.4, -0.2) is 35.6 Å². The standard InChI is InChI=1S/C10H17FN4S/c1-7(6-16-3)4-13-9-8(11)5-14-10(12-2)15-9/h5,7H,4,6H2,1-3H3,(H2,12,13,14,15). The van der Waals surface area contributed by atoms with E-state index in [0.29, 0.717) is 18.4 Å². The molecule has 0 spiro atoms.